The number of carboxylic acid groups (broad SMARTS) is 1. The molecule has 8 heteroatoms. The van der Waals surface area contributed by atoms with Gasteiger partial charge in [-0.1, -0.05) is 12.1 Å². The normalized spacial score (nSPS) is 18.0. The molecule has 1 N–H and O–H groups in total. The van der Waals surface area contributed by atoms with Gasteiger partial charge in [-0.05, 0) is 60.0 Å². The minimum Gasteiger partial charge on any atom is -0.550 e. The van der Waals surface area contributed by atoms with E-state index in [-0.39, 0.29) is 56.9 Å². The van der Waals surface area contributed by atoms with E-state index in [9.17, 15) is 9.50 Å². The Labute approximate surface area is 191 Å². The van der Waals surface area contributed by atoms with Crippen LogP contribution in [0.5, 0.6) is 0 Å². The van der Waals surface area contributed by atoms with Crippen LogP contribution in [0.3, 0.4) is 0 Å². The van der Waals surface area contributed by atoms with Gasteiger partial charge in [-0.15, -0.1) is 0 Å². The fourth-order valence-electron chi connectivity index (χ4n) is 2.15. The molecule has 0 aromatic heterocycles. The summed E-state index contributed by atoms with van der Waals surface area (Å²) in [5.41, 5.74) is -1.24. The number of halogens is 1. The Morgan fingerprint density at radius 1 is 1.20 bits per heavy atom. The van der Waals surface area contributed by atoms with E-state index in [1.54, 1.807) is 26.0 Å². The average Bonchev–Trinajstić information content (AvgIpc) is 2.56. The zero-order valence-electron chi connectivity index (χ0n) is 16.3. The maximum absolute atomic E-state index is 14.1. The van der Waals surface area contributed by atoms with Crippen LogP contribution in [0.4, 0.5) is 4.39 Å². The summed E-state index contributed by atoms with van der Waals surface area (Å²) in [5, 5.41) is 18.8. The number of aliphatic carboxylic acids is 1. The summed E-state index contributed by atoms with van der Waals surface area (Å²) in [6, 6.07) is 4.68. The van der Waals surface area contributed by atoms with Crippen LogP contribution in [0.1, 0.15) is 54.0 Å². The van der Waals surface area contributed by atoms with Gasteiger partial charge in [0.05, 0.1) is 16.8 Å². The molecule has 0 saturated carbocycles. The second-order valence-electron chi connectivity index (χ2n) is 7.38. The van der Waals surface area contributed by atoms with Crippen molar-refractivity contribution in [2.45, 2.75) is 65.3 Å². The van der Waals surface area contributed by atoms with Gasteiger partial charge in [0.25, 0.3) is 0 Å². The number of rotatable bonds is 2. The molecule has 1 saturated heterocycles. The van der Waals surface area contributed by atoms with Crippen molar-refractivity contribution in [3.8, 4) is 0 Å². The average molecular weight is 378 g/mol. The molecule has 25 heavy (non-hydrogen) atoms. The predicted octanol–water partition coefficient (Wildman–Crippen LogP) is -1.89. The van der Waals surface area contributed by atoms with E-state index in [1.165, 1.54) is 6.07 Å². The minimum absolute atomic E-state index is 0. The van der Waals surface area contributed by atoms with Crippen molar-refractivity contribution in [1.82, 2.24) is 0 Å². The molecular formula is C17H25BFKO5. The molecule has 0 spiro atoms. The first-order valence-corrected chi connectivity index (χ1v) is 7.73. The van der Waals surface area contributed by atoms with Gasteiger partial charge >= 0.3 is 58.5 Å². The molecule has 1 aliphatic rings. The third-order valence-electron chi connectivity index (χ3n) is 4.18. The second-order valence-corrected chi connectivity index (χ2v) is 7.38. The third kappa shape index (κ3) is 6.70. The molecule has 0 unspecified atom stereocenters. The quantitative estimate of drug-likeness (QED) is 0.609. The van der Waals surface area contributed by atoms with Gasteiger partial charge in [0.1, 0.15) is 5.82 Å². The summed E-state index contributed by atoms with van der Waals surface area (Å²) in [6.45, 7) is 11.9. The molecule has 134 valence electrons. The van der Waals surface area contributed by atoms with E-state index in [0.717, 1.165) is 6.92 Å². The summed E-state index contributed by atoms with van der Waals surface area (Å²) in [5.74, 6) is -1.54. The van der Waals surface area contributed by atoms with Gasteiger partial charge in [-0.25, -0.2) is 4.39 Å². The Morgan fingerprint density at radius 2 is 1.60 bits per heavy atom. The molecular weight excluding hydrogens is 353 g/mol. The molecule has 1 aromatic rings. The van der Waals surface area contributed by atoms with E-state index < -0.39 is 35.7 Å². The fraction of sp³-hybridized carbons (Fsp3) is 0.588. The van der Waals surface area contributed by atoms with Crippen LogP contribution in [0.2, 0.25) is 0 Å². The van der Waals surface area contributed by atoms with Crippen molar-refractivity contribution >= 4 is 18.6 Å². The maximum Gasteiger partial charge on any atom is 1.00 e. The van der Waals surface area contributed by atoms with Gasteiger partial charge in [0.2, 0.25) is 0 Å². The number of carbonyl (C=O) groups excluding carboxylic acids is 1. The number of hydrogen-bond donors (Lipinski definition) is 1. The SMILES string of the molecule is CC(=O)[O-].CC(C)(O)c1ccc(B2OC(C)(C)C(C)(C)O2)cc1F.[K+]. The zero-order valence-corrected chi connectivity index (χ0v) is 19.4. The number of benzene rings is 1. The monoisotopic (exact) mass is 378 g/mol. The first-order valence-electron chi connectivity index (χ1n) is 7.73. The molecule has 1 fully saturated rings. The van der Waals surface area contributed by atoms with Crippen molar-refractivity contribution in [3.05, 3.63) is 29.6 Å². The summed E-state index contributed by atoms with van der Waals surface area (Å²) in [4.78, 5) is 8.89. The second kappa shape index (κ2) is 8.93. The van der Waals surface area contributed by atoms with E-state index in [0.29, 0.717) is 5.46 Å². The molecule has 0 aliphatic carbocycles. The fourth-order valence-corrected chi connectivity index (χ4v) is 2.15. The van der Waals surface area contributed by atoms with Gasteiger partial charge in [-0.3, -0.25) is 0 Å². The largest absolute Gasteiger partial charge is 1.00 e. The number of carboxylic acids is 1. The van der Waals surface area contributed by atoms with E-state index in [2.05, 4.69) is 0 Å². The first kappa shape index (κ1) is 25.2. The van der Waals surface area contributed by atoms with Crippen molar-refractivity contribution in [3.63, 3.8) is 0 Å². The zero-order chi connectivity index (χ0) is 18.9. The number of hydrogen-bond acceptors (Lipinski definition) is 5. The van der Waals surface area contributed by atoms with Gasteiger partial charge in [-0.2, -0.15) is 0 Å². The Balaban J connectivity index is 0.00000104. The van der Waals surface area contributed by atoms with Gasteiger partial charge in [0, 0.05) is 11.5 Å². The summed E-state index contributed by atoms with van der Waals surface area (Å²) >= 11 is 0. The van der Waals surface area contributed by atoms with Crippen molar-refractivity contribution in [1.29, 1.82) is 0 Å². The van der Waals surface area contributed by atoms with E-state index in [1.807, 2.05) is 27.7 Å². The standard InChI is InChI=1S/C15H22BFO3.C2H4O2.K/c1-13(2,18)11-8-7-10(9-12(11)17)16-19-14(3,4)15(5,6)20-16;1-2(3)4;/h7-9,18H,1-6H3;1H3,(H,3,4);/q;;+1/p-1. The van der Waals surface area contributed by atoms with Crippen LogP contribution in [0, 0.1) is 5.82 Å². The summed E-state index contributed by atoms with van der Waals surface area (Å²) < 4.78 is 25.9. The molecule has 0 amide bonds. The molecule has 1 heterocycles. The topological polar surface area (TPSA) is 78.8 Å². The van der Waals surface area contributed by atoms with Crippen molar-refractivity contribution in [2.24, 2.45) is 0 Å². The summed E-state index contributed by atoms with van der Waals surface area (Å²) in [6.07, 6.45) is 0. The maximum atomic E-state index is 14.1. The molecule has 1 aliphatic heterocycles. The number of aliphatic hydroxyl groups is 1. The summed E-state index contributed by atoms with van der Waals surface area (Å²) in [7, 11) is -0.592. The predicted molar refractivity (Wildman–Crippen MR) is 88.0 cm³/mol. The molecule has 0 radical (unpaired) electrons. The molecule has 5 nitrogen and oxygen atoms in total. The van der Waals surface area contributed by atoms with Gasteiger partial charge < -0.3 is 24.3 Å². The Bertz CT molecular complexity index is 594. The van der Waals surface area contributed by atoms with Crippen molar-refractivity contribution in [2.75, 3.05) is 0 Å². The van der Waals surface area contributed by atoms with Crippen LogP contribution in [-0.2, 0) is 19.7 Å². The molecule has 0 atom stereocenters. The van der Waals surface area contributed by atoms with Crippen LogP contribution >= 0.6 is 0 Å². The Hall–Kier alpha value is 0.201. The minimum atomic E-state index is -1.21. The molecule has 0 bridgehead atoms. The van der Waals surface area contributed by atoms with Crippen LogP contribution in [0.25, 0.3) is 0 Å². The van der Waals surface area contributed by atoms with Crippen LogP contribution in [0.15, 0.2) is 18.2 Å². The van der Waals surface area contributed by atoms with Crippen LogP contribution < -0.4 is 62.0 Å². The Kier molecular flexibility index (Phi) is 9.00. The molecule has 2 rings (SSSR count). The third-order valence-corrected chi connectivity index (χ3v) is 4.18. The molecule has 1 aromatic carbocycles. The van der Waals surface area contributed by atoms with Crippen molar-refractivity contribution < 1.29 is 80.1 Å². The Morgan fingerprint density at radius 3 is 1.92 bits per heavy atom. The number of carbonyl (C=O) groups is 1. The van der Waals surface area contributed by atoms with Gasteiger partial charge in [0.15, 0.2) is 0 Å². The van der Waals surface area contributed by atoms with E-state index >= 15 is 0 Å². The van der Waals surface area contributed by atoms with Crippen LogP contribution in [-0.4, -0.2) is 29.4 Å². The smallest absolute Gasteiger partial charge is 0.550 e. The van der Waals surface area contributed by atoms with E-state index in [4.69, 9.17) is 19.2 Å². The first-order chi connectivity index (χ1) is 10.7.